The number of hydrogen-bond donors (Lipinski definition) is 1. The van der Waals surface area contributed by atoms with Gasteiger partial charge in [-0.15, -0.1) is 11.3 Å². The number of nitrogens with zero attached hydrogens (tertiary/aromatic N) is 1. The summed E-state index contributed by atoms with van der Waals surface area (Å²) in [6, 6.07) is 15.2. The SMILES string of the molecule is COc1ccc(C)cc1-c1csc(NC(=O)C(C)Oc2ccccc2)n1. The molecule has 0 spiro atoms. The number of nitrogens with one attached hydrogen (secondary N) is 1. The number of carbonyl (C=O) groups excluding carboxylic acids is 1. The van der Waals surface area contributed by atoms with Crippen molar-refractivity contribution >= 4 is 22.4 Å². The van der Waals surface area contributed by atoms with Gasteiger partial charge in [0.2, 0.25) is 0 Å². The molecule has 5 nitrogen and oxygen atoms in total. The van der Waals surface area contributed by atoms with Gasteiger partial charge in [-0.05, 0) is 38.1 Å². The average molecular weight is 368 g/mol. The number of aryl methyl sites for hydroxylation is 1. The quantitative estimate of drug-likeness (QED) is 0.694. The lowest BCUT2D eigenvalue weighted by atomic mass is 10.1. The van der Waals surface area contributed by atoms with Gasteiger partial charge in [-0.25, -0.2) is 4.98 Å². The molecule has 2 aromatic carbocycles. The minimum absolute atomic E-state index is 0.244. The summed E-state index contributed by atoms with van der Waals surface area (Å²) in [6.07, 6.45) is -0.627. The van der Waals surface area contributed by atoms with Gasteiger partial charge >= 0.3 is 0 Å². The highest BCUT2D eigenvalue weighted by Gasteiger charge is 2.17. The predicted octanol–water partition coefficient (Wildman–Crippen LogP) is 4.53. The largest absolute Gasteiger partial charge is 0.496 e. The summed E-state index contributed by atoms with van der Waals surface area (Å²) < 4.78 is 11.0. The minimum atomic E-state index is -0.627. The molecule has 3 rings (SSSR count). The Kier molecular flexibility index (Phi) is 5.53. The van der Waals surface area contributed by atoms with E-state index in [2.05, 4.69) is 10.3 Å². The fourth-order valence-corrected chi connectivity index (χ4v) is 3.15. The molecule has 1 unspecified atom stereocenters. The van der Waals surface area contributed by atoms with Gasteiger partial charge in [0, 0.05) is 10.9 Å². The summed E-state index contributed by atoms with van der Waals surface area (Å²) in [7, 11) is 1.63. The third-order valence-electron chi connectivity index (χ3n) is 3.79. The van der Waals surface area contributed by atoms with Crippen LogP contribution in [0.1, 0.15) is 12.5 Å². The van der Waals surface area contributed by atoms with Crippen LogP contribution in [-0.4, -0.2) is 24.1 Å². The van der Waals surface area contributed by atoms with E-state index in [0.717, 1.165) is 22.6 Å². The van der Waals surface area contributed by atoms with Gasteiger partial charge in [0.15, 0.2) is 11.2 Å². The van der Waals surface area contributed by atoms with Crippen molar-refractivity contribution in [2.75, 3.05) is 12.4 Å². The topological polar surface area (TPSA) is 60.5 Å². The number of amides is 1. The van der Waals surface area contributed by atoms with Crippen LogP contribution in [0.5, 0.6) is 11.5 Å². The highest BCUT2D eigenvalue weighted by atomic mass is 32.1. The molecule has 0 fully saturated rings. The molecule has 1 aromatic heterocycles. The van der Waals surface area contributed by atoms with Crippen LogP contribution in [0.25, 0.3) is 11.3 Å². The van der Waals surface area contributed by atoms with Crippen molar-refractivity contribution in [3.63, 3.8) is 0 Å². The Labute approximate surface area is 156 Å². The second-order valence-electron chi connectivity index (χ2n) is 5.80. The van der Waals surface area contributed by atoms with E-state index in [1.807, 2.05) is 60.8 Å². The molecule has 1 heterocycles. The molecular formula is C20H20N2O3S. The highest BCUT2D eigenvalue weighted by Crippen LogP contribution is 2.33. The van der Waals surface area contributed by atoms with Crippen LogP contribution in [0.3, 0.4) is 0 Å². The summed E-state index contributed by atoms with van der Waals surface area (Å²) in [4.78, 5) is 16.9. The average Bonchev–Trinajstić information content (AvgIpc) is 3.10. The molecule has 0 aliphatic heterocycles. The normalized spacial score (nSPS) is 11.7. The zero-order chi connectivity index (χ0) is 18.5. The summed E-state index contributed by atoms with van der Waals surface area (Å²) in [5.41, 5.74) is 2.78. The van der Waals surface area contributed by atoms with E-state index < -0.39 is 6.10 Å². The molecular weight excluding hydrogens is 348 g/mol. The first-order chi connectivity index (χ1) is 12.6. The van der Waals surface area contributed by atoms with Crippen molar-refractivity contribution in [1.29, 1.82) is 0 Å². The third kappa shape index (κ3) is 4.21. The van der Waals surface area contributed by atoms with Crippen LogP contribution in [-0.2, 0) is 4.79 Å². The second kappa shape index (κ2) is 8.01. The Bertz CT molecular complexity index is 893. The molecule has 0 aliphatic carbocycles. The predicted molar refractivity (Wildman–Crippen MR) is 104 cm³/mol. The first kappa shape index (κ1) is 17.9. The van der Waals surface area contributed by atoms with Crippen LogP contribution < -0.4 is 14.8 Å². The standard InChI is InChI=1S/C20H20N2O3S/c1-13-9-10-18(24-3)16(11-13)17-12-26-20(21-17)22-19(23)14(2)25-15-7-5-4-6-8-15/h4-12,14H,1-3H3,(H,21,22,23). The summed E-state index contributed by atoms with van der Waals surface area (Å²) in [5, 5.41) is 5.23. The fourth-order valence-electron chi connectivity index (χ4n) is 2.44. The van der Waals surface area contributed by atoms with Gasteiger partial charge in [-0.2, -0.15) is 0 Å². The maximum atomic E-state index is 12.3. The molecule has 1 amide bonds. The number of carbonyl (C=O) groups is 1. The van der Waals surface area contributed by atoms with E-state index in [1.54, 1.807) is 14.0 Å². The fraction of sp³-hybridized carbons (Fsp3) is 0.200. The summed E-state index contributed by atoms with van der Waals surface area (Å²) in [5.74, 6) is 1.16. The Morgan fingerprint density at radius 2 is 1.96 bits per heavy atom. The van der Waals surface area contributed by atoms with Crippen molar-refractivity contribution < 1.29 is 14.3 Å². The van der Waals surface area contributed by atoms with E-state index in [4.69, 9.17) is 9.47 Å². The van der Waals surface area contributed by atoms with Crippen molar-refractivity contribution in [3.05, 3.63) is 59.5 Å². The zero-order valence-corrected chi connectivity index (χ0v) is 15.7. The summed E-state index contributed by atoms with van der Waals surface area (Å²) in [6.45, 7) is 3.72. The van der Waals surface area contributed by atoms with Crippen molar-refractivity contribution in [2.45, 2.75) is 20.0 Å². The third-order valence-corrected chi connectivity index (χ3v) is 4.55. The molecule has 1 N–H and O–H groups in total. The molecule has 0 aliphatic rings. The lowest BCUT2D eigenvalue weighted by molar-refractivity contribution is -0.122. The Morgan fingerprint density at radius 3 is 2.69 bits per heavy atom. The Hall–Kier alpha value is -2.86. The van der Waals surface area contributed by atoms with E-state index in [1.165, 1.54) is 11.3 Å². The van der Waals surface area contributed by atoms with Gasteiger partial charge in [0.25, 0.3) is 5.91 Å². The maximum absolute atomic E-state index is 12.3. The Balaban J connectivity index is 1.70. The van der Waals surface area contributed by atoms with Crippen molar-refractivity contribution in [3.8, 4) is 22.8 Å². The maximum Gasteiger partial charge on any atom is 0.266 e. The lowest BCUT2D eigenvalue weighted by Crippen LogP contribution is -2.30. The van der Waals surface area contributed by atoms with Gasteiger partial charge in [0.1, 0.15) is 11.5 Å². The second-order valence-corrected chi connectivity index (χ2v) is 6.66. The number of anilines is 1. The van der Waals surface area contributed by atoms with Gasteiger partial charge in [-0.3, -0.25) is 10.1 Å². The van der Waals surface area contributed by atoms with Crippen LogP contribution in [0.2, 0.25) is 0 Å². The van der Waals surface area contributed by atoms with E-state index in [9.17, 15) is 4.79 Å². The number of thiazole rings is 1. The summed E-state index contributed by atoms with van der Waals surface area (Å²) >= 11 is 1.37. The molecule has 0 radical (unpaired) electrons. The van der Waals surface area contributed by atoms with E-state index >= 15 is 0 Å². The molecule has 0 saturated heterocycles. The number of ether oxygens (including phenoxy) is 2. The molecule has 3 aromatic rings. The number of aromatic nitrogens is 1. The number of benzene rings is 2. The zero-order valence-electron chi connectivity index (χ0n) is 14.9. The number of methoxy groups -OCH3 is 1. The molecule has 6 heteroatoms. The first-order valence-electron chi connectivity index (χ1n) is 8.20. The van der Waals surface area contributed by atoms with Crippen molar-refractivity contribution in [1.82, 2.24) is 4.98 Å². The smallest absolute Gasteiger partial charge is 0.266 e. The number of hydrogen-bond acceptors (Lipinski definition) is 5. The lowest BCUT2D eigenvalue weighted by Gasteiger charge is -2.13. The Morgan fingerprint density at radius 1 is 1.19 bits per heavy atom. The van der Waals surface area contributed by atoms with Crippen LogP contribution in [0.15, 0.2) is 53.9 Å². The van der Waals surface area contributed by atoms with Crippen LogP contribution in [0, 0.1) is 6.92 Å². The van der Waals surface area contributed by atoms with Gasteiger partial charge < -0.3 is 9.47 Å². The molecule has 0 bridgehead atoms. The van der Waals surface area contributed by atoms with Gasteiger partial charge in [-0.1, -0.05) is 29.8 Å². The highest BCUT2D eigenvalue weighted by molar-refractivity contribution is 7.14. The molecule has 0 saturated carbocycles. The number of rotatable bonds is 6. The van der Waals surface area contributed by atoms with Gasteiger partial charge in [0.05, 0.1) is 12.8 Å². The van der Waals surface area contributed by atoms with Crippen LogP contribution >= 0.6 is 11.3 Å². The van der Waals surface area contributed by atoms with E-state index in [0.29, 0.717) is 10.9 Å². The van der Waals surface area contributed by atoms with Crippen LogP contribution in [0.4, 0.5) is 5.13 Å². The molecule has 134 valence electrons. The molecule has 1 atom stereocenters. The van der Waals surface area contributed by atoms with Crippen molar-refractivity contribution in [2.24, 2.45) is 0 Å². The minimum Gasteiger partial charge on any atom is -0.496 e. The molecule has 26 heavy (non-hydrogen) atoms. The number of para-hydroxylation sites is 1. The first-order valence-corrected chi connectivity index (χ1v) is 9.08. The monoisotopic (exact) mass is 368 g/mol. The van der Waals surface area contributed by atoms with E-state index in [-0.39, 0.29) is 5.91 Å².